The number of nitrogens with one attached hydrogen (secondary N) is 1. The van der Waals surface area contributed by atoms with E-state index in [1.807, 2.05) is 16.8 Å². The quantitative estimate of drug-likeness (QED) is 0.291. The molecular weight excluding hydrogens is 426 g/mol. The molecule has 0 saturated heterocycles. The summed E-state index contributed by atoms with van der Waals surface area (Å²) in [5.74, 6) is 0. The number of fused-ring (bicyclic) bond motifs is 1. The van der Waals surface area contributed by atoms with Crippen LogP contribution >= 0.6 is 11.6 Å². The molecule has 3 aromatic rings. The van der Waals surface area contributed by atoms with Crippen molar-refractivity contribution in [2.24, 2.45) is 0 Å². The number of benzene rings is 1. The third-order valence-electron chi connectivity index (χ3n) is 4.48. The van der Waals surface area contributed by atoms with E-state index in [-0.39, 0.29) is 4.90 Å². The minimum atomic E-state index is -3.37. The van der Waals surface area contributed by atoms with Crippen molar-refractivity contribution in [3.05, 3.63) is 47.7 Å². The van der Waals surface area contributed by atoms with E-state index in [4.69, 9.17) is 16.3 Å². The van der Waals surface area contributed by atoms with Gasteiger partial charge in [0.15, 0.2) is 9.84 Å². The average molecular weight is 452 g/mol. The lowest BCUT2D eigenvalue weighted by molar-refractivity contribution is 0.0899. The van der Waals surface area contributed by atoms with E-state index in [0.29, 0.717) is 35.5 Å². The molecule has 0 unspecified atom stereocenters. The molecule has 156 valence electrons. The van der Waals surface area contributed by atoms with Crippen LogP contribution in [0.25, 0.3) is 11.0 Å². The van der Waals surface area contributed by atoms with Gasteiger partial charge in [0.2, 0.25) is 0 Å². The number of rotatable bonds is 8. The van der Waals surface area contributed by atoms with Gasteiger partial charge in [-0.3, -0.25) is 0 Å². The van der Waals surface area contributed by atoms with Gasteiger partial charge in [0.1, 0.15) is 17.5 Å². The van der Waals surface area contributed by atoms with Crippen molar-refractivity contribution in [1.29, 1.82) is 0 Å². The molecule has 0 saturated carbocycles. The van der Waals surface area contributed by atoms with E-state index in [2.05, 4.69) is 29.9 Å². The summed E-state index contributed by atoms with van der Waals surface area (Å²) in [6.45, 7) is 8.04. The summed E-state index contributed by atoms with van der Waals surface area (Å²) in [5, 5.41) is 4.37. The molecule has 1 aromatic carbocycles. The van der Waals surface area contributed by atoms with Crippen LogP contribution in [0, 0.1) is 0 Å². The number of sulfone groups is 1. The summed E-state index contributed by atoms with van der Waals surface area (Å²) in [4.78, 5) is 4.67. The van der Waals surface area contributed by atoms with Gasteiger partial charge in [-0.25, -0.2) is 13.4 Å². The molecule has 0 aliphatic carbocycles. The summed E-state index contributed by atoms with van der Waals surface area (Å²) in [5.41, 5.74) is 1.87. The van der Waals surface area contributed by atoms with Crippen LogP contribution in [0.3, 0.4) is 0 Å². The number of hydrogen-bond donors (Lipinski definition) is 1. The van der Waals surface area contributed by atoms with Crippen molar-refractivity contribution in [2.75, 3.05) is 18.2 Å². The predicted molar refractivity (Wildman–Crippen MR) is 122 cm³/mol. The van der Waals surface area contributed by atoms with Gasteiger partial charge >= 0.3 is 0 Å². The fourth-order valence-electron chi connectivity index (χ4n) is 2.92. The van der Waals surface area contributed by atoms with Crippen molar-refractivity contribution in [3.63, 3.8) is 0 Å². The highest BCUT2D eigenvalue weighted by Crippen LogP contribution is 2.31. The van der Waals surface area contributed by atoms with Gasteiger partial charge in [-0.2, -0.15) is 0 Å². The van der Waals surface area contributed by atoms with Gasteiger partial charge < -0.3 is 14.6 Å². The van der Waals surface area contributed by atoms with E-state index in [1.54, 1.807) is 30.3 Å². The van der Waals surface area contributed by atoms with Gasteiger partial charge in [0.25, 0.3) is 0 Å². The van der Waals surface area contributed by atoms with Crippen LogP contribution in [0.2, 0.25) is 30.8 Å². The standard InChI is InChI=1S/C20H26ClN3O3SSi/c1-28(25,26)18-8-6-5-7-16(18)22-17-13-19(21)23-20-15(17)9-10-24(20)14-27-11-12-29(2,3)4/h5-10,13H,11-12,14H2,1-4H3,(H,22,23). The van der Waals surface area contributed by atoms with Crippen LogP contribution in [0.4, 0.5) is 11.4 Å². The van der Waals surface area contributed by atoms with Crippen molar-refractivity contribution < 1.29 is 13.2 Å². The van der Waals surface area contributed by atoms with Crippen LogP contribution in [-0.4, -0.2) is 38.9 Å². The fourth-order valence-corrected chi connectivity index (χ4v) is 4.71. The molecule has 1 N–H and O–H groups in total. The minimum absolute atomic E-state index is 0.232. The molecule has 29 heavy (non-hydrogen) atoms. The third kappa shape index (κ3) is 5.60. The van der Waals surface area contributed by atoms with Crippen molar-refractivity contribution in [3.8, 4) is 0 Å². The van der Waals surface area contributed by atoms with Gasteiger partial charge in [-0.15, -0.1) is 0 Å². The van der Waals surface area contributed by atoms with E-state index in [9.17, 15) is 8.42 Å². The first-order chi connectivity index (χ1) is 13.5. The zero-order chi connectivity index (χ0) is 21.2. The SMILES string of the molecule is C[Si](C)(C)CCOCn1ccc2c(Nc3ccccc3S(C)(=O)=O)cc(Cl)nc21. The van der Waals surface area contributed by atoms with E-state index in [1.165, 1.54) is 6.26 Å². The maximum absolute atomic E-state index is 12.1. The second kappa shape index (κ2) is 8.47. The van der Waals surface area contributed by atoms with Gasteiger partial charge in [-0.1, -0.05) is 43.4 Å². The molecule has 2 heterocycles. The lowest BCUT2D eigenvalue weighted by atomic mass is 10.2. The highest BCUT2D eigenvalue weighted by Gasteiger charge is 2.16. The molecule has 0 amide bonds. The van der Waals surface area contributed by atoms with Crippen LogP contribution in [-0.2, 0) is 21.3 Å². The van der Waals surface area contributed by atoms with Gasteiger partial charge in [0.05, 0.1) is 16.3 Å². The average Bonchev–Trinajstić information content (AvgIpc) is 3.00. The molecule has 0 aliphatic heterocycles. The first-order valence-electron chi connectivity index (χ1n) is 9.34. The summed E-state index contributed by atoms with van der Waals surface area (Å²) in [6, 6.07) is 11.5. The third-order valence-corrected chi connectivity index (χ3v) is 7.54. The summed E-state index contributed by atoms with van der Waals surface area (Å²) < 4.78 is 31.9. The van der Waals surface area contributed by atoms with E-state index in [0.717, 1.165) is 11.4 Å². The van der Waals surface area contributed by atoms with Crippen molar-refractivity contribution >= 4 is 51.9 Å². The smallest absolute Gasteiger partial charge is 0.177 e. The first-order valence-corrected chi connectivity index (χ1v) is 15.3. The zero-order valence-corrected chi connectivity index (χ0v) is 19.6. The Morgan fingerprint density at radius 2 is 1.90 bits per heavy atom. The lowest BCUT2D eigenvalue weighted by Crippen LogP contribution is -2.22. The molecule has 0 radical (unpaired) electrons. The number of nitrogens with zero attached hydrogens (tertiary/aromatic N) is 2. The summed E-state index contributed by atoms with van der Waals surface area (Å²) in [6.07, 6.45) is 3.09. The number of para-hydroxylation sites is 1. The lowest BCUT2D eigenvalue weighted by Gasteiger charge is -2.16. The molecular formula is C20H26ClN3O3SSi. The summed E-state index contributed by atoms with van der Waals surface area (Å²) in [7, 11) is -4.52. The molecule has 0 fully saturated rings. The Morgan fingerprint density at radius 1 is 1.17 bits per heavy atom. The van der Waals surface area contributed by atoms with Crippen LogP contribution in [0.15, 0.2) is 47.5 Å². The number of aromatic nitrogens is 2. The van der Waals surface area contributed by atoms with Crippen LogP contribution in [0.1, 0.15) is 0 Å². The second-order valence-electron chi connectivity index (χ2n) is 8.26. The Kier molecular flexibility index (Phi) is 6.38. The Morgan fingerprint density at radius 3 is 2.59 bits per heavy atom. The molecule has 0 bridgehead atoms. The largest absolute Gasteiger partial charge is 0.361 e. The number of halogens is 1. The molecule has 0 atom stereocenters. The first kappa shape index (κ1) is 21.8. The minimum Gasteiger partial charge on any atom is -0.361 e. The van der Waals surface area contributed by atoms with E-state index >= 15 is 0 Å². The van der Waals surface area contributed by atoms with Gasteiger partial charge in [0, 0.05) is 32.5 Å². The molecule has 0 aliphatic rings. The molecule has 2 aromatic heterocycles. The predicted octanol–water partition coefficient (Wildman–Crippen LogP) is 5.15. The van der Waals surface area contributed by atoms with Crippen LogP contribution < -0.4 is 5.32 Å². The molecule has 0 spiro atoms. The number of pyridine rings is 1. The van der Waals surface area contributed by atoms with Gasteiger partial charge in [-0.05, 0) is 30.3 Å². The van der Waals surface area contributed by atoms with Crippen LogP contribution in [0.5, 0.6) is 0 Å². The monoisotopic (exact) mass is 451 g/mol. The zero-order valence-electron chi connectivity index (χ0n) is 17.1. The Bertz CT molecular complexity index is 1120. The maximum atomic E-state index is 12.1. The van der Waals surface area contributed by atoms with Crippen molar-refractivity contribution in [2.45, 2.75) is 37.3 Å². The maximum Gasteiger partial charge on any atom is 0.177 e. The molecule has 6 nitrogen and oxygen atoms in total. The number of hydrogen-bond acceptors (Lipinski definition) is 5. The Balaban J connectivity index is 1.89. The highest BCUT2D eigenvalue weighted by atomic mass is 35.5. The fraction of sp³-hybridized carbons (Fsp3) is 0.350. The normalized spacial score (nSPS) is 12.4. The number of anilines is 2. The topological polar surface area (TPSA) is 73.2 Å². The number of ether oxygens (including phenoxy) is 1. The highest BCUT2D eigenvalue weighted by molar-refractivity contribution is 7.90. The second-order valence-corrected chi connectivity index (χ2v) is 16.2. The molecule has 9 heteroatoms. The van der Waals surface area contributed by atoms with E-state index < -0.39 is 17.9 Å². The summed E-state index contributed by atoms with van der Waals surface area (Å²) >= 11 is 6.25. The Labute approximate surface area is 177 Å². The van der Waals surface area contributed by atoms with Crippen molar-refractivity contribution in [1.82, 2.24) is 9.55 Å². The molecule has 3 rings (SSSR count). The Hall–Kier alpha value is -1.87.